The van der Waals surface area contributed by atoms with E-state index in [0.717, 1.165) is 31.5 Å². The monoisotopic (exact) mass is 294 g/mol. The van der Waals surface area contributed by atoms with E-state index in [1.165, 1.54) is 0 Å². The van der Waals surface area contributed by atoms with E-state index in [-0.39, 0.29) is 11.9 Å². The van der Waals surface area contributed by atoms with Gasteiger partial charge < -0.3 is 20.4 Å². The maximum absolute atomic E-state index is 8.93. The minimum Gasteiger partial charge on any atom is -0.493 e. The second kappa shape index (κ2) is 7.12. The Balaban J connectivity index is 2.23. The number of piperidine rings is 1. The van der Waals surface area contributed by atoms with Gasteiger partial charge in [0.1, 0.15) is 5.69 Å². The van der Waals surface area contributed by atoms with E-state index >= 15 is 0 Å². The summed E-state index contributed by atoms with van der Waals surface area (Å²) < 4.78 is 10.7. The van der Waals surface area contributed by atoms with Gasteiger partial charge in [-0.15, -0.1) is 0 Å². The predicted molar refractivity (Wildman–Crippen MR) is 78.8 cm³/mol. The average Bonchev–Trinajstić information content (AvgIpc) is 2.54. The van der Waals surface area contributed by atoms with Crippen LogP contribution in [0, 0.1) is 0 Å². The van der Waals surface area contributed by atoms with Gasteiger partial charge in [-0.3, -0.25) is 9.88 Å². The number of methoxy groups -OCH3 is 2. The number of ether oxygens (including phenoxy) is 2. The third-order valence-electron chi connectivity index (χ3n) is 3.79. The van der Waals surface area contributed by atoms with Crippen LogP contribution in [-0.4, -0.2) is 47.7 Å². The quantitative estimate of drug-likeness (QED) is 0.367. The summed E-state index contributed by atoms with van der Waals surface area (Å²) in [6, 6.07) is 1.70. The number of hydrogen-bond acceptors (Lipinski definition) is 6. The van der Waals surface area contributed by atoms with E-state index in [4.69, 9.17) is 20.4 Å². The van der Waals surface area contributed by atoms with E-state index in [1.54, 1.807) is 26.5 Å². The Morgan fingerprint density at radius 3 is 2.95 bits per heavy atom. The van der Waals surface area contributed by atoms with Gasteiger partial charge in [0, 0.05) is 18.8 Å². The molecule has 0 aliphatic carbocycles. The Hall–Kier alpha value is -2.02. The lowest BCUT2D eigenvalue weighted by Gasteiger charge is -2.34. The molecule has 0 spiro atoms. The smallest absolute Gasteiger partial charge is 0.183 e. The molecule has 3 N–H and O–H groups in total. The maximum atomic E-state index is 8.93. The zero-order chi connectivity index (χ0) is 15.2. The fourth-order valence-electron chi connectivity index (χ4n) is 2.74. The molecule has 0 aromatic carbocycles. The van der Waals surface area contributed by atoms with Gasteiger partial charge in [-0.1, -0.05) is 11.6 Å². The van der Waals surface area contributed by atoms with Gasteiger partial charge in [-0.25, -0.2) is 0 Å². The van der Waals surface area contributed by atoms with Gasteiger partial charge in [0.15, 0.2) is 17.3 Å². The number of nitrogens with zero attached hydrogens (tertiary/aromatic N) is 3. The first kappa shape index (κ1) is 15.4. The topological polar surface area (TPSA) is 93.2 Å². The lowest BCUT2D eigenvalue weighted by atomic mass is 10.0. The molecular weight excluding hydrogens is 272 g/mol. The molecule has 2 heterocycles. The molecule has 1 aromatic heterocycles. The fraction of sp³-hybridized carbons (Fsp3) is 0.571. The van der Waals surface area contributed by atoms with E-state index < -0.39 is 0 Å². The average molecular weight is 294 g/mol. The van der Waals surface area contributed by atoms with Gasteiger partial charge >= 0.3 is 0 Å². The molecule has 0 saturated carbocycles. The minimum absolute atomic E-state index is 0.0681. The lowest BCUT2D eigenvalue weighted by molar-refractivity contribution is 0.174. The first-order valence-corrected chi connectivity index (χ1v) is 6.98. The lowest BCUT2D eigenvalue weighted by Crippen LogP contribution is -2.47. The molecule has 1 aromatic rings. The van der Waals surface area contributed by atoms with E-state index in [2.05, 4.69) is 15.0 Å². The molecule has 1 unspecified atom stereocenters. The number of rotatable bonds is 5. The highest BCUT2D eigenvalue weighted by Gasteiger charge is 2.27. The summed E-state index contributed by atoms with van der Waals surface area (Å²) in [6.45, 7) is 1.45. The van der Waals surface area contributed by atoms with Crippen molar-refractivity contribution < 1.29 is 14.7 Å². The summed E-state index contributed by atoms with van der Waals surface area (Å²) in [4.78, 5) is 6.54. The van der Waals surface area contributed by atoms with Crippen molar-refractivity contribution in [2.75, 3.05) is 20.8 Å². The first-order chi connectivity index (χ1) is 10.2. The number of amidine groups is 1. The number of pyridine rings is 1. The number of hydrogen-bond donors (Lipinski definition) is 2. The molecule has 116 valence electrons. The van der Waals surface area contributed by atoms with Gasteiger partial charge in [0.05, 0.1) is 20.3 Å². The number of nitrogens with two attached hydrogens (primary N) is 1. The number of oxime groups is 1. The molecule has 1 fully saturated rings. The molecule has 21 heavy (non-hydrogen) atoms. The van der Waals surface area contributed by atoms with Crippen LogP contribution in [-0.2, 0) is 6.54 Å². The van der Waals surface area contributed by atoms with Crippen molar-refractivity contribution in [3.05, 3.63) is 18.0 Å². The highest BCUT2D eigenvalue weighted by Crippen LogP contribution is 2.31. The maximum Gasteiger partial charge on any atom is 0.183 e. The first-order valence-electron chi connectivity index (χ1n) is 6.98. The standard InChI is InChI=1S/C14H22N4O3/c1-20-12-6-7-16-10(13(12)21-2)9-18-8-4-3-5-11(18)14(15)17-19/h6-7,11,19H,3-5,8-9H2,1-2H3,(H2,15,17). The molecular formula is C14H22N4O3. The van der Waals surface area contributed by atoms with E-state index in [0.29, 0.717) is 18.0 Å². The molecule has 1 atom stereocenters. The fourth-order valence-corrected chi connectivity index (χ4v) is 2.74. The summed E-state index contributed by atoms with van der Waals surface area (Å²) in [5, 5.41) is 12.1. The normalized spacial score (nSPS) is 20.3. The number of likely N-dealkylation sites (tertiary alicyclic amines) is 1. The SMILES string of the molecule is COc1ccnc(CN2CCCCC2/C(N)=N/O)c1OC. The zero-order valence-corrected chi connectivity index (χ0v) is 12.5. The minimum atomic E-state index is -0.0681. The van der Waals surface area contributed by atoms with Crippen molar-refractivity contribution >= 4 is 5.84 Å². The van der Waals surface area contributed by atoms with Crippen molar-refractivity contribution in [3.8, 4) is 11.5 Å². The molecule has 1 aliphatic heterocycles. The second-order valence-electron chi connectivity index (χ2n) is 5.00. The van der Waals surface area contributed by atoms with Gasteiger partial charge in [-0.2, -0.15) is 0 Å². The van der Waals surface area contributed by atoms with Crippen molar-refractivity contribution in [1.82, 2.24) is 9.88 Å². The highest BCUT2D eigenvalue weighted by atomic mass is 16.5. The molecule has 0 bridgehead atoms. The van der Waals surface area contributed by atoms with Crippen LogP contribution in [0.2, 0.25) is 0 Å². The molecule has 7 heteroatoms. The van der Waals surface area contributed by atoms with Crippen molar-refractivity contribution in [2.24, 2.45) is 10.9 Å². The van der Waals surface area contributed by atoms with Crippen LogP contribution < -0.4 is 15.2 Å². The molecule has 0 amide bonds. The molecule has 7 nitrogen and oxygen atoms in total. The molecule has 1 saturated heterocycles. The van der Waals surface area contributed by atoms with Crippen molar-refractivity contribution in [3.63, 3.8) is 0 Å². The van der Waals surface area contributed by atoms with Crippen LogP contribution >= 0.6 is 0 Å². The zero-order valence-electron chi connectivity index (χ0n) is 12.5. The third-order valence-corrected chi connectivity index (χ3v) is 3.79. The second-order valence-corrected chi connectivity index (χ2v) is 5.00. The van der Waals surface area contributed by atoms with E-state index in [9.17, 15) is 0 Å². The van der Waals surface area contributed by atoms with Crippen LogP contribution in [0.25, 0.3) is 0 Å². The number of aromatic nitrogens is 1. The Labute approximate surface area is 124 Å². The summed E-state index contributed by atoms with van der Waals surface area (Å²) >= 11 is 0. The summed E-state index contributed by atoms with van der Waals surface area (Å²) in [7, 11) is 3.20. The molecule has 0 radical (unpaired) electrons. The van der Waals surface area contributed by atoms with Crippen molar-refractivity contribution in [1.29, 1.82) is 0 Å². The summed E-state index contributed by atoms with van der Waals surface area (Å²) in [5.74, 6) is 1.53. The summed E-state index contributed by atoms with van der Waals surface area (Å²) in [6.07, 6.45) is 4.73. The van der Waals surface area contributed by atoms with Gasteiger partial charge in [-0.05, 0) is 19.4 Å². The van der Waals surface area contributed by atoms with Crippen molar-refractivity contribution in [2.45, 2.75) is 31.8 Å². The van der Waals surface area contributed by atoms with Crippen LogP contribution in [0.15, 0.2) is 17.4 Å². The Kier molecular flexibility index (Phi) is 5.21. The van der Waals surface area contributed by atoms with Crippen LogP contribution in [0.4, 0.5) is 0 Å². The van der Waals surface area contributed by atoms with Crippen LogP contribution in [0.5, 0.6) is 11.5 Å². The highest BCUT2D eigenvalue weighted by molar-refractivity contribution is 5.85. The Morgan fingerprint density at radius 1 is 1.48 bits per heavy atom. The predicted octanol–water partition coefficient (Wildman–Crippen LogP) is 1.20. The third kappa shape index (κ3) is 3.36. The Morgan fingerprint density at radius 2 is 2.29 bits per heavy atom. The molecule has 2 rings (SSSR count). The molecule has 1 aliphatic rings. The van der Waals surface area contributed by atoms with Crippen LogP contribution in [0.3, 0.4) is 0 Å². The van der Waals surface area contributed by atoms with Gasteiger partial charge in [0.25, 0.3) is 0 Å². The van der Waals surface area contributed by atoms with E-state index in [1.807, 2.05) is 0 Å². The van der Waals surface area contributed by atoms with Crippen LogP contribution in [0.1, 0.15) is 25.0 Å². The summed E-state index contributed by atoms with van der Waals surface area (Å²) in [5.41, 5.74) is 6.59. The van der Waals surface area contributed by atoms with Gasteiger partial charge in [0.2, 0.25) is 0 Å². The largest absolute Gasteiger partial charge is 0.493 e. The Bertz CT molecular complexity index is 507.